The van der Waals surface area contributed by atoms with E-state index >= 15 is 0 Å². The number of para-hydroxylation sites is 1. The van der Waals surface area contributed by atoms with Crippen molar-refractivity contribution in [2.45, 2.75) is 71.3 Å². The second-order valence-corrected chi connectivity index (χ2v) is 13.0. The van der Waals surface area contributed by atoms with Crippen molar-refractivity contribution in [1.29, 1.82) is 0 Å². The van der Waals surface area contributed by atoms with Gasteiger partial charge >= 0.3 is 17.9 Å². The number of benzene rings is 4. The van der Waals surface area contributed by atoms with Gasteiger partial charge in [-0.25, -0.2) is 14.3 Å². The van der Waals surface area contributed by atoms with Crippen LogP contribution in [0.5, 0.6) is 17.2 Å². The quantitative estimate of drug-likeness (QED) is 0.0375. The number of unbranched alkanes of at least 4 members (excludes halogenated alkanes) is 4. The topological polar surface area (TPSA) is 127 Å². The molecule has 0 bridgehead atoms. The minimum atomic E-state index is -0.585. The average molecular weight is 755 g/mol. The number of nitrogens with zero attached hydrogens (tertiary/aromatic N) is 3. The zero-order valence-electron chi connectivity index (χ0n) is 28.5. The fraction of sp³-hybridized carbons (Fsp3) is 0.300. The van der Waals surface area contributed by atoms with Gasteiger partial charge < -0.3 is 14.2 Å². The molecule has 51 heavy (non-hydrogen) atoms. The smallest absolute Gasteiger partial charge is 0.343 e. The minimum Gasteiger partial charge on any atom is -0.427 e. The summed E-state index contributed by atoms with van der Waals surface area (Å²) in [5.41, 5.74) is 3.95. The lowest BCUT2D eigenvalue weighted by atomic mass is 10.0. The van der Waals surface area contributed by atoms with Crippen molar-refractivity contribution < 1.29 is 33.4 Å². The van der Waals surface area contributed by atoms with Crippen LogP contribution in [0.3, 0.4) is 0 Å². The Hall–Kier alpha value is -5.16. The Kier molecular flexibility index (Phi) is 13.6. The van der Waals surface area contributed by atoms with E-state index in [-0.39, 0.29) is 23.7 Å². The SMILES string of the molecule is Cc1cc(OC(=O)c2ccc(CC(=O)CCCCCBr)cc2)ccc1OC(=O)c1ccc(OC(=O)CCCCCn2nnc3ccccc32)cc1. The van der Waals surface area contributed by atoms with E-state index in [4.69, 9.17) is 14.2 Å². The lowest BCUT2D eigenvalue weighted by Gasteiger charge is -2.11. The van der Waals surface area contributed by atoms with Crippen molar-refractivity contribution in [2.75, 3.05) is 5.33 Å². The second-order valence-electron chi connectivity index (χ2n) is 12.2. The molecule has 0 saturated heterocycles. The van der Waals surface area contributed by atoms with Crippen molar-refractivity contribution in [3.05, 3.63) is 113 Å². The molecule has 264 valence electrons. The minimum absolute atomic E-state index is 0.182. The standard InChI is InChI=1S/C40H40BrN3O7/c1-28-26-34(50-39(47)30-16-14-29(15-17-30)27-32(45)10-4-2-8-24-41)22-23-37(28)51-40(48)31-18-20-33(21-19-31)49-38(46)13-5-3-9-25-44-36-12-7-6-11-35(36)42-43-44/h6-7,11-12,14-23,26H,2-5,8-10,13,24-25,27H2,1H3. The molecule has 0 aliphatic rings. The Morgan fingerprint density at radius 1 is 0.686 bits per heavy atom. The van der Waals surface area contributed by atoms with Crippen LogP contribution >= 0.6 is 15.9 Å². The summed E-state index contributed by atoms with van der Waals surface area (Å²) in [6.07, 6.45) is 6.51. The number of ether oxygens (including phenoxy) is 3. The van der Waals surface area contributed by atoms with Crippen LogP contribution in [0.1, 0.15) is 83.2 Å². The Bertz CT molecular complexity index is 1960. The Morgan fingerprint density at radius 3 is 2.10 bits per heavy atom. The summed E-state index contributed by atoms with van der Waals surface area (Å²) in [5.74, 6) is -0.329. The van der Waals surface area contributed by atoms with Crippen LogP contribution in [-0.4, -0.2) is 44.0 Å². The average Bonchev–Trinajstić information content (AvgIpc) is 3.54. The number of hydrogen-bond acceptors (Lipinski definition) is 9. The molecule has 0 fully saturated rings. The number of alkyl halides is 1. The zero-order chi connectivity index (χ0) is 36.0. The third-order valence-electron chi connectivity index (χ3n) is 8.23. The van der Waals surface area contributed by atoms with E-state index in [1.165, 1.54) is 12.1 Å². The molecule has 1 aromatic heterocycles. The summed E-state index contributed by atoms with van der Waals surface area (Å²) in [6.45, 7) is 2.47. The monoisotopic (exact) mass is 753 g/mol. The predicted molar refractivity (Wildman–Crippen MR) is 197 cm³/mol. The molecule has 11 heteroatoms. The molecule has 0 spiro atoms. The van der Waals surface area contributed by atoms with Gasteiger partial charge in [0.05, 0.1) is 16.6 Å². The highest BCUT2D eigenvalue weighted by molar-refractivity contribution is 9.09. The molecule has 5 rings (SSSR count). The molecular formula is C40H40BrN3O7. The first-order valence-electron chi connectivity index (χ1n) is 17.1. The molecule has 1 heterocycles. The van der Waals surface area contributed by atoms with Gasteiger partial charge in [0.15, 0.2) is 0 Å². The van der Waals surface area contributed by atoms with Crippen LogP contribution in [-0.2, 0) is 22.6 Å². The maximum Gasteiger partial charge on any atom is 0.343 e. The summed E-state index contributed by atoms with van der Waals surface area (Å²) < 4.78 is 18.4. The Labute approximate surface area is 305 Å². The van der Waals surface area contributed by atoms with Gasteiger partial charge in [-0.15, -0.1) is 5.10 Å². The number of ketones is 1. The van der Waals surface area contributed by atoms with Gasteiger partial charge in [-0.2, -0.15) is 0 Å². The number of hydrogen-bond donors (Lipinski definition) is 0. The highest BCUT2D eigenvalue weighted by Crippen LogP contribution is 2.26. The summed E-state index contributed by atoms with van der Waals surface area (Å²) in [6, 6.07) is 25.5. The largest absolute Gasteiger partial charge is 0.427 e. The lowest BCUT2D eigenvalue weighted by Crippen LogP contribution is -2.11. The van der Waals surface area contributed by atoms with Crippen LogP contribution in [0, 0.1) is 6.92 Å². The Balaban J connectivity index is 1.03. The number of halogens is 1. The summed E-state index contributed by atoms with van der Waals surface area (Å²) >= 11 is 3.40. The molecule has 0 radical (unpaired) electrons. The molecule has 0 atom stereocenters. The lowest BCUT2D eigenvalue weighted by molar-refractivity contribution is -0.134. The maximum absolute atomic E-state index is 12.8. The molecule has 10 nitrogen and oxygen atoms in total. The molecule has 0 N–H and O–H groups in total. The van der Waals surface area contributed by atoms with Crippen molar-refractivity contribution in [2.24, 2.45) is 0 Å². The number of rotatable bonds is 18. The molecular weight excluding hydrogens is 714 g/mol. The normalized spacial score (nSPS) is 10.9. The summed E-state index contributed by atoms with van der Waals surface area (Å²) in [5, 5.41) is 9.29. The van der Waals surface area contributed by atoms with E-state index in [1.54, 1.807) is 61.5 Å². The number of Topliss-reactive ketones (excluding diaryl/α,β-unsaturated/α-hetero) is 1. The number of aromatic nitrogens is 3. The molecule has 0 saturated carbocycles. The molecule has 0 aliphatic heterocycles. The van der Waals surface area contributed by atoms with Crippen LogP contribution in [0.2, 0.25) is 0 Å². The molecule has 5 aromatic rings. The van der Waals surface area contributed by atoms with Crippen LogP contribution in [0.4, 0.5) is 0 Å². The van der Waals surface area contributed by atoms with Crippen molar-refractivity contribution in [3.63, 3.8) is 0 Å². The van der Waals surface area contributed by atoms with Gasteiger partial charge in [0, 0.05) is 31.1 Å². The van der Waals surface area contributed by atoms with Gasteiger partial charge in [0.2, 0.25) is 0 Å². The van der Waals surface area contributed by atoms with Gasteiger partial charge in [-0.05, 0) is 110 Å². The van der Waals surface area contributed by atoms with Gasteiger partial charge in [-0.3, -0.25) is 9.59 Å². The van der Waals surface area contributed by atoms with Gasteiger partial charge in [0.25, 0.3) is 0 Å². The number of esters is 3. The zero-order valence-corrected chi connectivity index (χ0v) is 30.1. The number of carbonyl (C=O) groups excluding carboxylic acids is 4. The van der Waals surface area contributed by atoms with Gasteiger partial charge in [-0.1, -0.05) is 58.3 Å². The van der Waals surface area contributed by atoms with Crippen molar-refractivity contribution >= 4 is 50.7 Å². The van der Waals surface area contributed by atoms with Crippen LogP contribution < -0.4 is 14.2 Å². The van der Waals surface area contributed by atoms with E-state index < -0.39 is 11.9 Å². The van der Waals surface area contributed by atoms with Gasteiger partial charge in [0.1, 0.15) is 28.5 Å². The Morgan fingerprint density at radius 2 is 1.35 bits per heavy atom. The van der Waals surface area contributed by atoms with E-state index in [0.717, 1.165) is 60.6 Å². The van der Waals surface area contributed by atoms with E-state index in [2.05, 4.69) is 26.2 Å². The first kappa shape index (κ1) is 37.1. The third kappa shape index (κ3) is 11.2. The molecule has 0 amide bonds. The number of fused-ring (bicyclic) bond motifs is 1. The maximum atomic E-state index is 12.8. The summed E-state index contributed by atoms with van der Waals surface area (Å²) in [4.78, 5) is 50.2. The molecule has 0 unspecified atom stereocenters. The fourth-order valence-electron chi connectivity index (χ4n) is 5.42. The molecule has 0 aliphatic carbocycles. The third-order valence-corrected chi connectivity index (χ3v) is 8.79. The summed E-state index contributed by atoms with van der Waals surface area (Å²) in [7, 11) is 0. The fourth-order valence-corrected chi connectivity index (χ4v) is 5.82. The van der Waals surface area contributed by atoms with E-state index in [0.29, 0.717) is 47.6 Å². The van der Waals surface area contributed by atoms with Crippen molar-refractivity contribution in [3.8, 4) is 17.2 Å². The van der Waals surface area contributed by atoms with E-state index in [9.17, 15) is 19.2 Å². The highest BCUT2D eigenvalue weighted by atomic mass is 79.9. The van der Waals surface area contributed by atoms with Crippen molar-refractivity contribution in [1.82, 2.24) is 15.0 Å². The van der Waals surface area contributed by atoms with E-state index in [1.807, 2.05) is 28.9 Å². The number of carbonyl (C=O) groups is 4. The second kappa shape index (κ2) is 18.7. The highest BCUT2D eigenvalue weighted by Gasteiger charge is 2.15. The van der Waals surface area contributed by atoms with Crippen LogP contribution in [0.15, 0.2) is 91.0 Å². The number of aryl methyl sites for hydroxylation is 2. The first-order valence-corrected chi connectivity index (χ1v) is 18.2. The molecule has 4 aromatic carbocycles. The van der Waals surface area contributed by atoms with Crippen LogP contribution in [0.25, 0.3) is 11.0 Å². The first-order chi connectivity index (χ1) is 24.8. The predicted octanol–water partition coefficient (Wildman–Crippen LogP) is 8.41.